The Kier molecular flexibility index (Phi) is 6.07. The Morgan fingerprint density at radius 1 is 1.14 bits per heavy atom. The molecular weight excluding hydrogens is 396 g/mol. The second kappa shape index (κ2) is 8.52. The Morgan fingerprint density at radius 3 is 2.59 bits per heavy atom. The first-order valence-electron chi connectivity index (χ1n) is 8.99. The summed E-state index contributed by atoms with van der Waals surface area (Å²) in [5.74, 6) is -0.386. The smallest absolute Gasteiger partial charge is 0.341 e. The summed E-state index contributed by atoms with van der Waals surface area (Å²) in [7, 11) is -0.577. The molecule has 3 rings (SSSR count). The monoisotopic (exact) mass is 418 g/mol. The van der Waals surface area contributed by atoms with Crippen molar-refractivity contribution in [2.75, 3.05) is 30.8 Å². The lowest BCUT2D eigenvalue weighted by Gasteiger charge is -2.17. The van der Waals surface area contributed by atoms with Crippen molar-refractivity contribution in [3.05, 3.63) is 59.2 Å². The average molecular weight is 418 g/mol. The van der Waals surface area contributed by atoms with Crippen LogP contribution in [0.3, 0.4) is 0 Å². The van der Waals surface area contributed by atoms with Crippen molar-refractivity contribution in [2.45, 2.75) is 13.0 Å². The summed E-state index contributed by atoms with van der Waals surface area (Å²) in [5.41, 5.74) is 1.79. The van der Waals surface area contributed by atoms with Gasteiger partial charge >= 0.3 is 5.97 Å². The molecule has 1 aliphatic rings. The highest BCUT2D eigenvalue weighted by atomic mass is 32.2. The molecule has 0 unspecified atom stereocenters. The number of nitrogens with one attached hydrogen (secondary N) is 1. The number of carbonyl (C=O) groups excluding carboxylic acids is 2. The van der Waals surface area contributed by atoms with Crippen LogP contribution in [0.5, 0.6) is 5.75 Å². The summed E-state index contributed by atoms with van der Waals surface area (Å²) in [4.78, 5) is 24.4. The number of sulfonamides is 1. The van der Waals surface area contributed by atoms with Crippen LogP contribution in [0, 0.1) is 0 Å². The lowest BCUT2D eigenvalue weighted by Crippen LogP contribution is -2.26. The van der Waals surface area contributed by atoms with Crippen molar-refractivity contribution < 1.29 is 27.5 Å². The second-order valence-corrected chi connectivity index (χ2v) is 8.51. The van der Waals surface area contributed by atoms with Gasteiger partial charge in [0.2, 0.25) is 10.0 Å². The van der Waals surface area contributed by atoms with Crippen LogP contribution in [0.25, 0.3) is 0 Å². The summed E-state index contributed by atoms with van der Waals surface area (Å²) < 4.78 is 35.4. The summed E-state index contributed by atoms with van der Waals surface area (Å²) in [6, 6.07) is 11.5. The minimum Gasteiger partial charge on any atom is -0.496 e. The number of amides is 1. The highest BCUT2D eigenvalue weighted by Crippen LogP contribution is 2.25. The van der Waals surface area contributed by atoms with Crippen molar-refractivity contribution in [3.63, 3.8) is 0 Å². The lowest BCUT2D eigenvalue weighted by atomic mass is 10.1. The van der Waals surface area contributed by atoms with Gasteiger partial charge in [-0.05, 0) is 42.3 Å². The molecule has 0 aromatic heterocycles. The van der Waals surface area contributed by atoms with Gasteiger partial charge in [-0.3, -0.25) is 9.10 Å². The van der Waals surface area contributed by atoms with Crippen LogP contribution in [0.2, 0.25) is 0 Å². The first-order valence-corrected chi connectivity index (χ1v) is 10.6. The van der Waals surface area contributed by atoms with Gasteiger partial charge in [0.1, 0.15) is 11.3 Å². The molecule has 0 atom stereocenters. The van der Waals surface area contributed by atoms with Gasteiger partial charge in [0.05, 0.1) is 25.7 Å². The molecule has 0 saturated carbocycles. The van der Waals surface area contributed by atoms with Gasteiger partial charge in [-0.2, -0.15) is 0 Å². The zero-order chi connectivity index (χ0) is 21.0. The van der Waals surface area contributed by atoms with Crippen LogP contribution < -0.4 is 14.4 Å². The molecule has 1 aliphatic heterocycles. The summed E-state index contributed by atoms with van der Waals surface area (Å²) in [6.07, 6.45) is 0.568. The fourth-order valence-electron chi connectivity index (χ4n) is 3.15. The van der Waals surface area contributed by atoms with Crippen LogP contribution in [0.4, 0.5) is 5.69 Å². The SMILES string of the molecule is COC(=O)c1cc(CNC(=O)c2cccc(N3CCCS3(=O)=O)c2)ccc1OC. The van der Waals surface area contributed by atoms with E-state index in [9.17, 15) is 18.0 Å². The number of ether oxygens (including phenoxy) is 2. The number of carbonyl (C=O) groups is 2. The van der Waals surface area contributed by atoms with Gasteiger partial charge < -0.3 is 14.8 Å². The molecule has 29 heavy (non-hydrogen) atoms. The van der Waals surface area contributed by atoms with E-state index in [0.717, 1.165) is 0 Å². The molecule has 9 heteroatoms. The summed E-state index contributed by atoms with van der Waals surface area (Å²) in [5, 5.41) is 2.78. The highest BCUT2D eigenvalue weighted by molar-refractivity contribution is 7.93. The summed E-state index contributed by atoms with van der Waals surface area (Å²) in [6.45, 7) is 0.592. The molecule has 1 heterocycles. The number of benzene rings is 2. The Balaban J connectivity index is 1.73. The van der Waals surface area contributed by atoms with Crippen molar-refractivity contribution in [1.82, 2.24) is 5.32 Å². The topological polar surface area (TPSA) is 102 Å². The maximum atomic E-state index is 12.5. The van der Waals surface area contributed by atoms with E-state index in [1.165, 1.54) is 18.5 Å². The molecule has 2 aromatic rings. The average Bonchev–Trinajstić information content (AvgIpc) is 3.10. The molecular formula is C20H22N2O6S. The maximum absolute atomic E-state index is 12.5. The molecule has 1 N–H and O–H groups in total. The first-order chi connectivity index (χ1) is 13.9. The first kappa shape index (κ1) is 20.7. The van der Waals surface area contributed by atoms with E-state index in [0.29, 0.717) is 35.5 Å². The molecule has 2 aromatic carbocycles. The van der Waals surface area contributed by atoms with E-state index in [4.69, 9.17) is 9.47 Å². The molecule has 8 nitrogen and oxygen atoms in total. The van der Waals surface area contributed by atoms with Crippen LogP contribution in [0.1, 0.15) is 32.7 Å². The number of anilines is 1. The molecule has 1 fully saturated rings. The number of rotatable bonds is 6. The minimum atomic E-state index is -3.31. The standard InChI is InChI=1S/C20H22N2O6S/c1-27-18-8-7-14(11-17(18)20(24)28-2)13-21-19(23)15-5-3-6-16(12-15)22-9-4-10-29(22,25)26/h3,5-8,11-12H,4,9-10,13H2,1-2H3,(H,21,23). The minimum absolute atomic E-state index is 0.115. The second-order valence-electron chi connectivity index (χ2n) is 6.50. The van der Waals surface area contributed by atoms with Crippen LogP contribution in [-0.2, 0) is 21.3 Å². The van der Waals surface area contributed by atoms with Crippen molar-refractivity contribution in [2.24, 2.45) is 0 Å². The largest absolute Gasteiger partial charge is 0.496 e. The number of esters is 1. The predicted molar refractivity (Wildman–Crippen MR) is 108 cm³/mol. The summed E-state index contributed by atoms with van der Waals surface area (Å²) >= 11 is 0. The van der Waals surface area contributed by atoms with Gasteiger partial charge in [0.15, 0.2) is 0 Å². The van der Waals surface area contributed by atoms with Crippen LogP contribution in [-0.4, -0.2) is 46.8 Å². The molecule has 0 radical (unpaired) electrons. The Morgan fingerprint density at radius 2 is 1.93 bits per heavy atom. The number of methoxy groups -OCH3 is 2. The normalized spacial score (nSPS) is 15.0. The number of hydrogen-bond acceptors (Lipinski definition) is 6. The van der Waals surface area contributed by atoms with Crippen LogP contribution in [0.15, 0.2) is 42.5 Å². The third kappa shape index (κ3) is 4.51. The maximum Gasteiger partial charge on any atom is 0.341 e. The van der Waals surface area contributed by atoms with Gasteiger partial charge in [-0.25, -0.2) is 13.2 Å². The predicted octanol–water partition coefficient (Wildman–Crippen LogP) is 1.95. The van der Waals surface area contributed by atoms with Crippen molar-refractivity contribution >= 4 is 27.6 Å². The lowest BCUT2D eigenvalue weighted by molar-refractivity contribution is 0.0597. The highest BCUT2D eigenvalue weighted by Gasteiger charge is 2.28. The molecule has 0 bridgehead atoms. The zero-order valence-corrected chi connectivity index (χ0v) is 17.0. The van der Waals surface area contributed by atoms with E-state index < -0.39 is 16.0 Å². The number of hydrogen-bond donors (Lipinski definition) is 1. The molecule has 154 valence electrons. The third-order valence-electron chi connectivity index (χ3n) is 4.62. The van der Waals surface area contributed by atoms with E-state index >= 15 is 0 Å². The Labute approximate surface area is 169 Å². The van der Waals surface area contributed by atoms with Gasteiger partial charge in [-0.15, -0.1) is 0 Å². The van der Waals surface area contributed by atoms with Crippen molar-refractivity contribution in [3.8, 4) is 5.75 Å². The zero-order valence-electron chi connectivity index (χ0n) is 16.2. The fourth-order valence-corrected chi connectivity index (χ4v) is 4.71. The Hall–Kier alpha value is -3.07. The van der Waals surface area contributed by atoms with Gasteiger partial charge in [0, 0.05) is 18.7 Å². The van der Waals surface area contributed by atoms with Crippen molar-refractivity contribution in [1.29, 1.82) is 0 Å². The molecule has 1 amide bonds. The number of nitrogens with zero attached hydrogens (tertiary/aromatic N) is 1. The molecule has 0 spiro atoms. The van der Waals surface area contributed by atoms with Crippen LogP contribution >= 0.6 is 0 Å². The van der Waals surface area contributed by atoms with Gasteiger partial charge in [0.25, 0.3) is 5.91 Å². The Bertz CT molecular complexity index is 1040. The molecule has 0 aliphatic carbocycles. The van der Waals surface area contributed by atoms with E-state index in [2.05, 4.69) is 5.32 Å². The van der Waals surface area contributed by atoms with E-state index in [1.54, 1.807) is 42.5 Å². The quantitative estimate of drug-likeness (QED) is 0.720. The van der Waals surface area contributed by atoms with E-state index in [-0.39, 0.29) is 23.8 Å². The third-order valence-corrected chi connectivity index (χ3v) is 6.49. The fraction of sp³-hybridized carbons (Fsp3) is 0.300. The molecule has 1 saturated heterocycles. The van der Waals surface area contributed by atoms with E-state index in [1.807, 2.05) is 0 Å². The van der Waals surface area contributed by atoms with Gasteiger partial charge in [-0.1, -0.05) is 12.1 Å².